The van der Waals surface area contributed by atoms with Crippen LogP contribution in [0.4, 0.5) is 35.9 Å². The lowest BCUT2D eigenvalue weighted by atomic mass is 9.93. The van der Waals surface area contributed by atoms with Gasteiger partial charge < -0.3 is 20.1 Å². The molecule has 4 aromatic carbocycles. The molecule has 0 amide bonds. The smallest absolute Gasteiger partial charge is 0.384 e. The lowest BCUT2D eigenvalue weighted by Gasteiger charge is -2.29. The number of β-amino-alcohol motifs (C(OH)–C–C–N with tert-alkyl or cyclic N) is 1. The van der Waals surface area contributed by atoms with Crippen molar-refractivity contribution in [3.8, 4) is 0 Å². The fourth-order valence-corrected chi connectivity index (χ4v) is 6.64. The Kier molecular flexibility index (Phi) is 12.2. The molecule has 286 valence electrons. The highest BCUT2D eigenvalue weighted by atomic mass is 19.4. The molecule has 3 aliphatic heterocycles. The lowest BCUT2D eigenvalue weighted by molar-refractivity contribution is -0.137. The summed E-state index contributed by atoms with van der Waals surface area (Å²) in [4.78, 5) is 32.8. The van der Waals surface area contributed by atoms with Crippen molar-refractivity contribution >= 4 is 34.3 Å². The summed E-state index contributed by atoms with van der Waals surface area (Å²) in [5.74, 6) is -0.454. The maximum Gasteiger partial charge on any atom is 0.407 e. The summed E-state index contributed by atoms with van der Waals surface area (Å²) >= 11 is 0. The standard InChI is InChI=1S/C22H24N2O2.C13H10F3NO2.C9H11N/c1-15-5-8-20-18(11-15)9-10-24(20)14-22(3,26)21(25)13-17-6-7-19(23-4)16(2)12-17;1-12(7-19-12)11(18)6-8-3-4-10(17-2)9(5-8)13(14,15)16;1-7-2-3-9-8(6-7)4-5-10-9/h5-8,11-12,26H,9-10,13-14H2,1-3H3;3-5H,6-7H2,1H3;2-3,6,10H,4-5H2,1H3/t22-;12-;/m00./s1. The number of ketones is 2. The molecular formula is C44H45F3N4O4. The molecule has 2 N–H and O–H groups in total. The van der Waals surface area contributed by atoms with Gasteiger partial charge in [-0.3, -0.25) is 9.59 Å². The third kappa shape index (κ3) is 10.2. The Balaban J connectivity index is 0.000000174. The minimum absolute atomic E-state index is 0.127. The second-order valence-corrected chi connectivity index (χ2v) is 14.8. The van der Waals surface area contributed by atoms with Gasteiger partial charge in [-0.15, -0.1) is 0 Å². The molecule has 0 spiro atoms. The number of benzene rings is 4. The number of carbonyl (C=O) groups is 2. The number of halogens is 3. The minimum atomic E-state index is -4.60. The van der Waals surface area contributed by atoms with Crippen molar-refractivity contribution in [2.45, 2.75) is 77.7 Å². The molecule has 0 saturated carbocycles. The Morgan fingerprint density at radius 1 is 0.873 bits per heavy atom. The van der Waals surface area contributed by atoms with Crippen LogP contribution in [0.15, 0.2) is 72.8 Å². The molecule has 55 heavy (non-hydrogen) atoms. The molecule has 8 nitrogen and oxygen atoms in total. The number of aliphatic hydroxyl groups is 1. The number of alkyl halides is 3. The Labute approximate surface area is 320 Å². The van der Waals surface area contributed by atoms with E-state index >= 15 is 0 Å². The number of nitrogens with zero attached hydrogens (tertiary/aromatic N) is 3. The van der Waals surface area contributed by atoms with E-state index in [0.717, 1.165) is 48.5 Å². The second kappa shape index (κ2) is 16.5. The molecule has 0 aliphatic carbocycles. The number of hydrogen-bond donors (Lipinski definition) is 2. The molecule has 1 saturated heterocycles. The third-order valence-corrected chi connectivity index (χ3v) is 10.1. The first kappa shape index (κ1) is 40.7. The number of anilines is 2. The van der Waals surface area contributed by atoms with Gasteiger partial charge in [0.05, 0.1) is 31.9 Å². The number of fused-ring (bicyclic) bond motifs is 2. The fourth-order valence-electron chi connectivity index (χ4n) is 6.64. The van der Waals surface area contributed by atoms with E-state index in [0.29, 0.717) is 18.8 Å². The van der Waals surface area contributed by atoms with Crippen molar-refractivity contribution in [2.24, 2.45) is 0 Å². The molecule has 11 heteroatoms. The van der Waals surface area contributed by atoms with Gasteiger partial charge in [0.1, 0.15) is 11.2 Å². The molecule has 3 aliphatic rings. The van der Waals surface area contributed by atoms with Crippen LogP contribution in [0, 0.1) is 33.9 Å². The summed E-state index contributed by atoms with van der Waals surface area (Å²) < 4.78 is 43.2. The number of aryl methyl sites for hydroxylation is 3. The molecule has 2 atom stereocenters. The van der Waals surface area contributed by atoms with Gasteiger partial charge in [0.15, 0.2) is 22.9 Å². The Morgan fingerprint density at radius 2 is 1.49 bits per heavy atom. The number of ether oxygens (including phenoxy) is 1. The Morgan fingerprint density at radius 3 is 2.11 bits per heavy atom. The lowest BCUT2D eigenvalue weighted by Crippen LogP contribution is -2.47. The molecule has 4 aromatic rings. The summed E-state index contributed by atoms with van der Waals surface area (Å²) in [5, 5.41) is 14.1. The van der Waals surface area contributed by atoms with Crippen molar-refractivity contribution in [1.82, 2.24) is 0 Å². The number of rotatable bonds is 8. The van der Waals surface area contributed by atoms with Crippen LogP contribution in [0.2, 0.25) is 0 Å². The van der Waals surface area contributed by atoms with Gasteiger partial charge in [-0.05, 0) is 87.4 Å². The predicted octanol–water partition coefficient (Wildman–Crippen LogP) is 8.90. The Bertz CT molecular complexity index is 2180. The van der Waals surface area contributed by atoms with Gasteiger partial charge in [-0.25, -0.2) is 9.69 Å². The highest BCUT2D eigenvalue weighted by Gasteiger charge is 2.46. The van der Waals surface area contributed by atoms with E-state index in [4.69, 9.17) is 17.9 Å². The van der Waals surface area contributed by atoms with Crippen LogP contribution >= 0.6 is 0 Å². The maximum atomic E-state index is 12.7. The predicted molar refractivity (Wildman–Crippen MR) is 208 cm³/mol. The average molecular weight is 751 g/mol. The average Bonchev–Trinajstić information content (AvgIpc) is 3.52. The largest absolute Gasteiger partial charge is 0.407 e. The van der Waals surface area contributed by atoms with E-state index in [2.05, 4.69) is 70.2 Å². The van der Waals surface area contributed by atoms with Gasteiger partial charge in [0, 0.05) is 37.3 Å². The maximum absolute atomic E-state index is 12.7. The molecular weight excluding hydrogens is 706 g/mol. The van der Waals surface area contributed by atoms with E-state index < -0.39 is 28.6 Å². The number of epoxide rings is 1. The van der Waals surface area contributed by atoms with Gasteiger partial charge in [-0.2, -0.15) is 13.2 Å². The molecule has 1 fully saturated rings. The quantitative estimate of drug-likeness (QED) is 0.138. The Hall–Kier alpha value is -5.49. The summed E-state index contributed by atoms with van der Waals surface area (Å²) in [7, 11) is 0. The van der Waals surface area contributed by atoms with E-state index in [-0.39, 0.29) is 30.0 Å². The number of hydrogen-bond acceptors (Lipinski definition) is 6. The summed E-state index contributed by atoms with van der Waals surface area (Å²) in [6, 6.07) is 21.6. The van der Waals surface area contributed by atoms with Gasteiger partial charge in [0.25, 0.3) is 0 Å². The van der Waals surface area contributed by atoms with Crippen LogP contribution < -0.4 is 10.2 Å². The number of carbonyl (C=O) groups excluding carboxylic acids is 2. The van der Waals surface area contributed by atoms with Crippen molar-refractivity contribution in [2.75, 3.05) is 36.5 Å². The van der Waals surface area contributed by atoms with Crippen LogP contribution in [-0.2, 0) is 46.2 Å². The van der Waals surface area contributed by atoms with Gasteiger partial charge in [0.2, 0.25) is 0 Å². The third-order valence-electron chi connectivity index (χ3n) is 10.1. The first-order valence-electron chi connectivity index (χ1n) is 18.1. The number of Topliss-reactive ketones (excluding diaryl/α,β-unsaturated/α-hetero) is 2. The van der Waals surface area contributed by atoms with Crippen LogP contribution in [0.3, 0.4) is 0 Å². The van der Waals surface area contributed by atoms with Crippen molar-refractivity contribution in [3.05, 3.63) is 140 Å². The van der Waals surface area contributed by atoms with E-state index in [9.17, 15) is 27.9 Å². The van der Waals surface area contributed by atoms with Crippen LogP contribution in [0.1, 0.15) is 58.4 Å². The van der Waals surface area contributed by atoms with Crippen molar-refractivity contribution in [3.63, 3.8) is 0 Å². The summed E-state index contributed by atoms with van der Waals surface area (Å²) in [6.07, 6.45) is -2.42. The molecule has 0 radical (unpaired) electrons. The van der Waals surface area contributed by atoms with Gasteiger partial charge in [-0.1, -0.05) is 71.8 Å². The highest BCUT2D eigenvalue weighted by Crippen LogP contribution is 2.38. The zero-order valence-electron chi connectivity index (χ0n) is 31.7. The summed E-state index contributed by atoms with van der Waals surface area (Å²) in [5.41, 5.74) is 6.56. The van der Waals surface area contributed by atoms with Crippen molar-refractivity contribution < 1.29 is 32.6 Å². The SMILES string of the molecule is Cc1ccc2c(c1)CCN2.[C-]#[N+]c1ccc(CC(=O)[C@@](C)(O)CN2CCc3cc(C)ccc32)cc1C.[C-]#[N+]c1ccc(CC(=O)[C@]2(C)CO2)cc1C(F)(F)F. The second-order valence-electron chi connectivity index (χ2n) is 14.8. The molecule has 3 heterocycles. The molecule has 7 rings (SSSR count). The van der Waals surface area contributed by atoms with E-state index in [1.807, 2.05) is 13.0 Å². The first-order chi connectivity index (χ1) is 25.9. The topological polar surface area (TPSA) is 90.9 Å². The minimum Gasteiger partial charge on any atom is -0.384 e. The van der Waals surface area contributed by atoms with Crippen LogP contribution in [-0.4, -0.2) is 54.1 Å². The first-order valence-corrected chi connectivity index (χ1v) is 18.1. The fraction of sp³-hybridized carbons (Fsp3) is 0.364. The van der Waals surface area contributed by atoms with Gasteiger partial charge >= 0.3 is 6.18 Å². The molecule has 0 bridgehead atoms. The zero-order valence-corrected chi connectivity index (χ0v) is 31.7. The molecule has 0 aromatic heterocycles. The monoisotopic (exact) mass is 750 g/mol. The highest BCUT2D eigenvalue weighted by molar-refractivity contribution is 5.91. The number of nitrogens with one attached hydrogen (secondary N) is 1. The van der Waals surface area contributed by atoms with Crippen LogP contribution in [0.25, 0.3) is 9.69 Å². The summed E-state index contributed by atoms with van der Waals surface area (Å²) in [6.45, 7) is 25.6. The van der Waals surface area contributed by atoms with E-state index in [1.165, 1.54) is 40.4 Å². The molecule has 0 unspecified atom stereocenters. The van der Waals surface area contributed by atoms with Crippen LogP contribution in [0.5, 0.6) is 0 Å². The van der Waals surface area contributed by atoms with Crippen molar-refractivity contribution in [1.29, 1.82) is 0 Å². The van der Waals surface area contributed by atoms with E-state index in [1.54, 1.807) is 26.0 Å². The zero-order chi connectivity index (χ0) is 40.1. The normalized spacial score (nSPS) is 17.4.